The van der Waals surface area contributed by atoms with Crippen LogP contribution in [0.1, 0.15) is 18.4 Å². The Morgan fingerprint density at radius 3 is 2.84 bits per heavy atom. The first-order valence-corrected chi connectivity index (χ1v) is 8.52. The summed E-state index contributed by atoms with van der Waals surface area (Å²) in [7, 11) is 1.66. The van der Waals surface area contributed by atoms with Gasteiger partial charge >= 0.3 is 0 Å². The first kappa shape index (κ1) is 17.0. The van der Waals surface area contributed by atoms with Gasteiger partial charge in [-0.2, -0.15) is 0 Å². The zero-order valence-electron chi connectivity index (χ0n) is 14.7. The lowest BCUT2D eigenvalue weighted by Crippen LogP contribution is -2.18. The third-order valence-electron chi connectivity index (χ3n) is 4.30. The third-order valence-corrected chi connectivity index (χ3v) is 4.30. The number of aryl methyl sites for hydroxylation is 2. The Morgan fingerprint density at radius 2 is 2.04 bits per heavy atom. The van der Waals surface area contributed by atoms with E-state index in [4.69, 9.17) is 4.74 Å². The van der Waals surface area contributed by atoms with Crippen LogP contribution >= 0.6 is 0 Å². The number of nitrogens with zero attached hydrogens (tertiary/aromatic N) is 2. The molecule has 2 heterocycles. The average molecular weight is 337 g/mol. The number of hydrogen-bond acceptors (Lipinski definition) is 4. The number of nitrogens with one attached hydrogen (secondary N) is 1. The minimum atomic E-state index is 0.0542. The van der Waals surface area contributed by atoms with E-state index < -0.39 is 0 Å². The fourth-order valence-corrected chi connectivity index (χ4v) is 2.96. The molecular weight excluding hydrogens is 314 g/mol. The highest BCUT2D eigenvalue weighted by molar-refractivity contribution is 5.96. The number of unbranched alkanes of at least 4 members (excludes halogenated alkanes) is 1. The second-order valence-corrected chi connectivity index (χ2v) is 6.04. The molecule has 2 aromatic heterocycles. The molecule has 1 aromatic carbocycles. The molecule has 0 bridgehead atoms. The Hall–Kier alpha value is -2.82. The second-order valence-electron chi connectivity index (χ2n) is 6.04. The zero-order valence-corrected chi connectivity index (χ0v) is 14.7. The standard InChI is InChI=1S/C20H23N3O2/c1-15-14-22-20-16(8-7-9-17(20)25-2)19(15)21-11-4-6-13-23-12-5-3-10-18(23)24/h3,5,7-10,12,14H,4,6,11,13H2,1-2H3,(H,21,22). The van der Waals surface area contributed by atoms with Gasteiger partial charge in [0.1, 0.15) is 11.3 Å². The Labute approximate surface area is 147 Å². The Morgan fingerprint density at radius 1 is 1.16 bits per heavy atom. The van der Waals surface area contributed by atoms with Gasteiger partial charge in [0.25, 0.3) is 0 Å². The van der Waals surface area contributed by atoms with Crippen molar-refractivity contribution in [2.24, 2.45) is 0 Å². The molecular formula is C20H23N3O2. The number of aromatic nitrogens is 2. The Kier molecular flexibility index (Phi) is 5.33. The second kappa shape index (κ2) is 7.83. The molecule has 0 atom stereocenters. The van der Waals surface area contributed by atoms with Gasteiger partial charge in [0, 0.05) is 42.6 Å². The SMILES string of the molecule is COc1cccc2c(NCCCCn3ccccc3=O)c(C)cnc12. The van der Waals surface area contributed by atoms with Gasteiger partial charge in [-0.15, -0.1) is 0 Å². The van der Waals surface area contributed by atoms with E-state index in [1.54, 1.807) is 23.8 Å². The van der Waals surface area contributed by atoms with E-state index >= 15 is 0 Å². The summed E-state index contributed by atoms with van der Waals surface area (Å²) in [4.78, 5) is 16.2. The summed E-state index contributed by atoms with van der Waals surface area (Å²) in [6, 6.07) is 11.2. The van der Waals surface area contributed by atoms with Crippen LogP contribution in [0.5, 0.6) is 5.75 Å². The Bertz CT molecular complexity index is 918. The van der Waals surface area contributed by atoms with Crippen molar-refractivity contribution in [2.45, 2.75) is 26.3 Å². The topological polar surface area (TPSA) is 56.1 Å². The van der Waals surface area contributed by atoms with Crippen LogP contribution in [0.25, 0.3) is 10.9 Å². The first-order valence-electron chi connectivity index (χ1n) is 8.52. The van der Waals surface area contributed by atoms with Crippen molar-refractivity contribution in [3.05, 3.63) is 64.7 Å². The molecule has 0 fully saturated rings. The van der Waals surface area contributed by atoms with Crippen LogP contribution in [0.2, 0.25) is 0 Å². The molecule has 0 aliphatic rings. The predicted octanol–water partition coefficient (Wildman–Crippen LogP) is 3.61. The highest BCUT2D eigenvalue weighted by Gasteiger charge is 2.09. The molecule has 5 heteroatoms. The van der Waals surface area contributed by atoms with Crippen LogP contribution in [0.4, 0.5) is 5.69 Å². The summed E-state index contributed by atoms with van der Waals surface area (Å²) in [5, 5.41) is 4.59. The quantitative estimate of drug-likeness (QED) is 0.669. The number of hydrogen-bond donors (Lipinski definition) is 1. The normalized spacial score (nSPS) is 10.8. The minimum Gasteiger partial charge on any atom is -0.494 e. The summed E-state index contributed by atoms with van der Waals surface area (Å²) in [5.41, 5.74) is 3.13. The molecule has 0 aliphatic carbocycles. The third kappa shape index (κ3) is 3.82. The van der Waals surface area contributed by atoms with Crippen molar-refractivity contribution >= 4 is 16.6 Å². The molecule has 0 amide bonds. The number of pyridine rings is 2. The summed E-state index contributed by atoms with van der Waals surface area (Å²) >= 11 is 0. The van der Waals surface area contributed by atoms with Crippen LogP contribution in [-0.4, -0.2) is 23.2 Å². The van der Waals surface area contributed by atoms with E-state index in [-0.39, 0.29) is 5.56 Å². The van der Waals surface area contributed by atoms with Gasteiger partial charge in [0.05, 0.1) is 7.11 Å². The zero-order chi connectivity index (χ0) is 17.6. The molecule has 1 N–H and O–H groups in total. The van der Waals surface area contributed by atoms with Crippen LogP contribution in [0.15, 0.2) is 53.6 Å². The smallest absolute Gasteiger partial charge is 0.250 e. The lowest BCUT2D eigenvalue weighted by Gasteiger charge is -2.14. The molecule has 130 valence electrons. The van der Waals surface area contributed by atoms with E-state index in [2.05, 4.69) is 23.3 Å². The van der Waals surface area contributed by atoms with Crippen LogP contribution in [-0.2, 0) is 6.54 Å². The number of fused-ring (bicyclic) bond motifs is 1. The van der Waals surface area contributed by atoms with Crippen molar-refractivity contribution < 1.29 is 4.74 Å². The minimum absolute atomic E-state index is 0.0542. The number of ether oxygens (including phenoxy) is 1. The van der Waals surface area contributed by atoms with Gasteiger partial charge < -0.3 is 14.6 Å². The van der Waals surface area contributed by atoms with Crippen molar-refractivity contribution in [3.63, 3.8) is 0 Å². The number of para-hydroxylation sites is 1. The highest BCUT2D eigenvalue weighted by Crippen LogP contribution is 2.31. The fraction of sp³-hybridized carbons (Fsp3) is 0.300. The van der Waals surface area contributed by atoms with Gasteiger partial charge in [0.2, 0.25) is 5.56 Å². The highest BCUT2D eigenvalue weighted by atomic mass is 16.5. The average Bonchev–Trinajstić information content (AvgIpc) is 2.63. The van der Waals surface area contributed by atoms with E-state index in [0.717, 1.165) is 53.8 Å². The first-order chi connectivity index (χ1) is 12.2. The summed E-state index contributed by atoms with van der Waals surface area (Å²) in [6.45, 7) is 3.64. The summed E-state index contributed by atoms with van der Waals surface area (Å²) < 4.78 is 7.15. The van der Waals surface area contributed by atoms with Gasteiger partial charge in [-0.3, -0.25) is 9.78 Å². The van der Waals surface area contributed by atoms with Crippen molar-refractivity contribution in [1.82, 2.24) is 9.55 Å². The maximum Gasteiger partial charge on any atom is 0.250 e. The van der Waals surface area contributed by atoms with Crippen molar-refractivity contribution in [3.8, 4) is 5.75 Å². The molecule has 25 heavy (non-hydrogen) atoms. The molecule has 0 saturated carbocycles. The number of benzene rings is 1. The van der Waals surface area contributed by atoms with E-state index in [0.29, 0.717) is 0 Å². The lowest BCUT2D eigenvalue weighted by atomic mass is 10.1. The molecule has 3 rings (SSSR count). The summed E-state index contributed by atoms with van der Waals surface area (Å²) in [5.74, 6) is 0.781. The van der Waals surface area contributed by atoms with E-state index in [1.165, 1.54) is 0 Å². The molecule has 0 aliphatic heterocycles. The molecule has 0 radical (unpaired) electrons. The van der Waals surface area contributed by atoms with E-state index in [1.807, 2.05) is 30.6 Å². The van der Waals surface area contributed by atoms with Gasteiger partial charge in [-0.1, -0.05) is 18.2 Å². The van der Waals surface area contributed by atoms with Gasteiger partial charge in [-0.25, -0.2) is 0 Å². The van der Waals surface area contributed by atoms with Gasteiger partial charge in [-0.05, 0) is 37.5 Å². The molecule has 5 nitrogen and oxygen atoms in total. The molecule has 3 aromatic rings. The largest absolute Gasteiger partial charge is 0.494 e. The maximum absolute atomic E-state index is 11.7. The monoisotopic (exact) mass is 337 g/mol. The van der Waals surface area contributed by atoms with E-state index in [9.17, 15) is 4.79 Å². The number of methoxy groups -OCH3 is 1. The van der Waals surface area contributed by atoms with Gasteiger partial charge in [0.15, 0.2) is 0 Å². The summed E-state index contributed by atoms with van der Waals surface area (Å²) in [6.07, 6.45) is 5.64. The predicted molar refractivity (Wildman–Crippen MR) is 101 cm³/mol. The van der Waals surface area contributed by atoms with Crippen LogP contribution < -0.4 is 15.6 Å². The van der Waals surface area contributed by atoms with Crippen LogP contribution in [0.3, 0.4) is 0 Å². The van der Waals surface area contributed by atoms with Crippen LogP contribution in [0, 0.1) is 6.92 Å². The number of rotatable bonds is 7. The van der Waals surface area contributed by atoms with Crippen molar-refractivity contribution in [1.29, 1.82) is 0 Å². The molecule has 0 unspecified atom stereocenters. The van der Waals surface area contributed by atoms with Crippen molar-refractivity contribution in [2.75, 3.05) is 19.0 Å². The number of anilines is 1. The fourth-order valence-electron chi connectivity index (χ4n) is 2.96. The Balaban J connectivity index is 1.64. The lowest BCUT2D eigenvalue weighted by molar-refractivity contribution is 0.419. The molecule has 0 saturated heterocycles. The maximum atomic E-state index is 11.7. The molecule has 0 spiro atoms.